The third kappa shape index (κ3) is 3.26. The lowest BCUT2D eigenvalue weighted by molar-refractivity contribution is -0.0529. The molecular formula is C18H20N6O6. The number of ether oxygens (including phenoxy) is 2. The van der Waals surface area contributed by atoms with Crippen molar-refractivity contribution in [3.8, 4) is 0 Å². The maximum absolute atomic E-state index is 12.7. The van der Waals surface area contributed by atoms with Crippen molar-refractivity contribution < 1.29 is 24.5 Å². The van der Waals surface area contributed by atoms with Gasteiger partial charge in [-0.15, -0.1) is 0 Å². The number of anilines is 2. The predicted octanol–water partition coefficient (Wildman–Crippen LogP) is -0.780. The first-order valence-corrected chi connectivity index (χ1v) is 9.09. The topological polar surface area (TPSA) is 178 Å². The number of nitrogens with two attached hydrogens (primary N) is 1. The average Bonchev–Trinajstić information content (AvgIpc) is 3.29. The number of esters is 1. The molecular weight excluding hydrogens is 396 g/mol. The summed E-state index contributed by atoms with van der Waals surface area (Å²) in [4.78, 5) is 35.0. The lowest BCUT2D eigenvalue weighted by atomic mass is 10.1. The number of nitrogens with one attached hydrogen (secondary N) is 2. The van der Waals surface area contributed by atoms with Crippen LogP contribution >= 0.6 is 0 Å². The van der Waals surface area contributed by atoms with E-state index in [1.54, 1.807) is 31.3 Å². The van der Waals surface area contributed by atoms with E-state index in [9.17, 15) is 19.8 Å². The van der Waals surface area contributed by atoms with Crippen molar-refractivity contribution in [2.45, 2.75) is 24.5 Å². The smallest absolute Gasteiger partial charge is 0.340 e. The predicted molar refractivity (Wildman–Crippen MR) is 105 cm³/mol. The molecule has 0 aliphatic carbocycles. The van der Waals surface area contributed by atoms with Crippen LogP contribution in [0.2, 0.25) is 0 Å². The number of carbonyl (C=O) groups excluding carboxylic acids is 1. The average molecular weight is 416 g/mol. The van der Waals surface area contributed by atoms with E-state index in [4.69, 9.17) is 15.2 Å². The van der Waals surface area contributed by atoms with Crippen LogP contribution in [0.3, 0.4) is 0 Å². The summed E-state index contributed by atoms with van der Waals surface area (Å²) in [6, 6.07) is 6.71. The molecule has 158 valence electrons. The Morgan fingerprint density at radius 2 is 2.20 bits per heavy atom. The highest BCUT2D eigenvalue weighted by atomic mass is 16.6. The molecule has 1 aliphatic rings. The molecule has 1 aliphatic heterocycles. The number of para-hydroxylation sites is 1. The molecule has 3 heterocycles. The number of fused-ring (bicyclic) bond motifs is 1. The van der Waals surface area contributed by atoms with E-state index in [2.05, 4.69) is 20.3 Å². The molecule has 0 saturated carbocycles. The molecule has 12 heteroatoms. The van der Waals surface area contributed by atoms with Gasteiger partial charge in [-0.05, 0) is 12.1 Å². The molecule has 0 spiro atoms. The molecule has 1 fully saturated rings. The first kappa shape index (κ1) is 19.8. The molecule has 30 heavy (non-hydrogen) atoms. The number of imidazole rings is 1. The van der Waals surface area contributed by atoms with Gasteiger partial charge in [0.25, 0.3) is 5.56 Å². The fourth-order valence-electron chi connectivity index (χ4n) is 3.44. The zero-order valence-corrected chi connectivity index (χ0v) is 15.8. The summed E-state index contributed by atoms with van der Waals surface area (Å²) in [5.74, 6) is -0.826. The van der Waals surface area contributed by atoms with Crippen LogP contribution in [0.25, 0.3) is 11.2 Å². The Morgan fingerprint density at radius 3 is 2.93 bits per heavy atom. The number of aliphatic hydroxyl groups is 2. The van der Waals surface area contributed by atoms with E-state index in [1.165, 1.54) is 10.9 Å². The number of carbonyl (C=O) groups is 1. The Balaban J connectivity index is 1.64. The van der Waals surface area contributed by atoms with E-state index >= 15 is 0 Å². The van der Waals surface area contributed by atoms with Crippen molar-refractivity contribution >= 4 is 28.8 Å². The van der Waals surface area contributed by atoms with Crippen LogP contribution in [0.15, 0.2) is 35.4 Å². The van der Waals surface area contributed by atoms with Crippen molar-refractivity contribution in [1.82, 2.24) is 19.5 Å². The number of benzene rings is 1. The third-order valence-electron chi connectivity index (χ3n) is 4.87. The quantitative estimate of drug-likeness (QED) is 0.331. The molecule has 6 N–H and O–H groups in total. The van der Waals surface area contributed by atoms with Crippen LogP contribution < -0.4 is 16.6 Å². The second kappa shape index (κ2) is 7.74. The van der Waals surface area contributed by atoms with Gasteiger partial charge in [0.1, 0.15) is 12.2 Å². The summed E-state index contributed by atoms with van der Waals surface area (Å²) in [6.07, 6.45) is -3.40. The van der Waals surface area contributed by atoms with Gasteiger partial charge in [0.15, 0.2) is 23.5 Å². The van der Waals surface area contributed by atoms with E-state index in [0.717, 1.165) is 0 Å². The number of aromatic nitrogens is 4. The molecule has 4 atom stereocenters. The first-order chi connectivity index (χ1) is 14.4. The summed E-state index contributed by atoms with van der Waals surface area (Å²) in [6.45, 7) is -0.512. The van der Waals surface area contributed by atoms with Crippen LogP contribution in [0.4, 0.5) is 11.6 Å². The number of rotatable bonds is 5. The van der Waals surface area contributed by atoms with Crippen LogP contribution in [0.5, 0.6) is 0 Å². The standard InChI is InChI=1S/C18H20N6O6/c1-20-9-5-3-2-4-8(9)17(28)30-13-10(6-25)29-16(12(13)26)24-7-21-11-14(24)22-18(19)23-15(11)27/h2-5,7,10,12-13,16,20,25-26H,6H2,1H3,(H3,19,22,23,27)/t10-,12-,13-,16-/m1/s1. The Bertz CT molecular complexity index is 1140. The summed E-state index contributed by atoms with van der Waals surface area (Å²) in [5.41, 5.74) is 5.96. The maximum Gasteiger partial charge on any atom is 0.340 e. The number of aromatic amines is 1. The van der Waals surface area contributed by atoms with E-state index in [0.29, 0.717) is 5.69 Å². The third-order valence-corrected chi connectivity index (χ3v) is 4.87. The minimum absolute atomic E-state index is 0.00365. The van der Waals surface area contributed by atoms with Crippen molar-refractivity contribution in [3.63, 3.8) is 0 Å². The molecule has 2 aromatic heterocycles. The Morgan fingerprint density at radius 1 is 1.43 bits per heavy atom. The van der Waals surface area contributed by atoms with Gasteiger partial charge in [-0.2, -0.15) is 4.98 Å². The second-order valence-corrected chi connectivity index (χ2v) is 6.68. The van der Waals surface area contributed by atoms with Crippen LogP contribution in [-0.2, 0) is 9.47 Å². The van der Waals surface area contributed by atoms with Gasteiger partial charge < -0.3 is 30.7 Å². The lowest BCUT2D eigenvalue weighted by Gasteiger charge is -2.20. The second-order valence-electron chi connectivity index (χ2n) is 6.68. The van der Waals surface area contributed by atoms with E-state index in [1.807, 2.05) is 0 Å². The zero-order chi connectivity index (χ0) is 21.4. The number of nitrogen functional groups attached to an aromatic ring is 1. The number of aliphatic hydroxyl groups excluding tert-OH is 2. The Kier molecular flexibility index (Phi) is 5.11. The van der Waals surface area contributed by atoms with Gasteiger partial charge in [0, 0.05) is 12.7 Å². The highest BCUT2D eigenvalue weighted by molar-refractivity contribution is 5.95. The van der Waals surface area contributed by atoms with Gasteiger partial charge in [0.2, 0.25) is 5.95 Å². The van der Waals surface area contributed by atoms with Gasteiger partial charge in [-0.25, -0.2) is 9.78 Å². The summed E-state index contributed by atoms with van der Waals surface area (Å²) >= 11 is 0. The highest BCUT2D eigenvalue weighted by Crippen LogP contribution is 2.33. The largest absolute Gasteiger partial charge is 0.453 e. The molecule has 1 aromatic carbocycles. The van der Waals surface area contributed by atoms with Crippen LogP contribution in [0.1, 0.15) is 16.6 Å². The minimum atomic E-state index is -1.37. The van der Waals surface area contributed by atoms with E-state index < -0.39 is 42.7 Å². The molecule has 4 rings (SSSR count). The first-order valence-electron chi connectivity index (χ1n) is 9.09. The summed E-state index contributed by atoms with van der Waals surface area (Å²) in [5, 5.41) is 23.4. The summed E-state index contributed by atoms with van der Waals surface area (Å²) in [7, 11) is 1.66. The number of H-pyrrole nitrogens is 1. The van der Waals surface area contributed by atoms with Crippen LogP contribution in [0, 0.1) is 0 Å². The highest BCUT2D eigenvalue weighted by Gasteiger charge is 2.47. The minimum Gasteiger partial charge on any atom is -0.453 e. The Labute approximate surface area is 169 Å². The molecule has 1 saturated heterocycles. The molecule has 0 bridgehead atoms. The summed E-state index contributed by atoms with van der Waals surface area (Å²) < 4.78 is 12.5. The Hall–Kier alpha value is -3.48. The van der Waals surface area contributed by atoms with Crippen molar-refractivity contribution in [2.75, 3.05) is 24.7 Å². The molecule has 12 nitrogen and oxygen atoms in total. The molecule has 0 radical (unpaired) electrons. The van der Waals surface area contributed by atoms with Gasteiger partial charge in [-0.3, -0.25) is 14.3 Å². The van der Waals surface area contributed by atoms with Gasteiger partial charge >= 0.3 is 5.97 Å². The fraction of sp³-hybridized carbons (Fsp3) is 0.333. The van der Waals surface area contributed by atoms with Crippen molar-refractivity contribution in [1.29, 1.82) is 0 Å². The number of hydrogen-bond acceptors (Lipinski definition) is 10. The fourth-order valence-corrected chi connectivity index (χ4v) is 3.44. The SMILES string of the molecule is CNc1ccccc1C(=O)O[C@H]1[C@@H](O)[C@H](n2cnc3c(=O)[nH]c(N)nc32)O[C@@H]1CO. The molecule has 0 unspecified atom stereocenters. The number of hydrogen-bond donors (Lipinski definition) is 5. The number of nitrogens with zero attached hydrogens (tertiary/aromatic N) is 3. The molecule has 3 aromatic rings. The monoisotopic (exact) mass is 416 g/mol. The van der Waals surface area contributed by atoms with E-state index in [-0.39, 0.29) is 22.7 Å². The normalized spacial score (nSPS) is 23.6. The maximum atomic E-state index is 12.7. The molecule has 0 amide bonds. The lowest BCUT2D eigenvalue weighted by Crippen LogP contribution is -2.38. The van der Waals surface area contributed by atoms with Gasteiger partial charge in [-0.1, -0.05) is 12.1 Å². The van der Waals surface area contributed by atoms with Crippen molar-refractivity contribution in [3.05, 3.63) is 46.5 Å². The zero-order valence-electron chi connectivity index (χ0n) is 15.8. The van der Waals surface area contributed by atoms with Crippen LogP contribution in [-0.4, -0.2) is 67.7 Å². The van der Waals surface area contributed by atoms with Crippen molar-refractivity contribution in [2.24, 2.45) is 0 Å². The van der Waals surface area contributed by atoms with Gasteiger partial charge in [0.05, 0.1) is 18.5 Å².